The summed E-state index contributed by atoms with van der Waals surface area (Å²) in [5.41, 5.74) is 2.75. The first-order valence-electron chi connectivity index (χ1n) is 6.58. The third-order valence-corrected chi connectivity index (χ3v) is 3.76. The van der Waals surface area contributed by atoms with Gasteiger partial charge in [0.15, 0.2) is 5.58 Å². The summed E-state index contributed by atoms with van der Waals surface area (Å²) < 4.78 is 5.72. The number of anilines is 1. The predicted molar refractivity (Wildman–Crippen MR) is 72.2 cm³/mol. The molecule has 2 N–H and O–H groups in total. The Morgan fingerprint density at radius 2 is 2.32 bits per heavy atom. The van der Waals surface area contributed by atoms with Gasteiger partial charge < -0.3 is 19.5 Å². The van der Waals surface area contributed by atoms with Gasteiger partial charge in [0.25, 0.3) is 6.01 Å². The van der Waals surface area contributed by atoms with E-state index in [4.69, 9.17) is 9.52 Å². The molecule has 2 atom stereocenters. The molecule has 0 radical (unpaired) electrons. The first-order valence-corrected chi connectivity index (χ1v) is 6.58. The van der Waals surface area contributed by atoms with Crippen molar-refractivity contribution in [2.75, 3.05) is 24.6 Å². The number of aliphatic hydroxyl groups excluding tert-OH is 2. The molecule has 2 aromatic rings. The Morgan fingerprint density at radius 3 is 3.05 bits per heavy atom. The fourth-order valence-corrected chi connectivity index (χ4v) is 2.53. The number of benzene rings is 1. The van der Waals surface area contributed by atoms with Gasteiger partial charge >= 0.3 is 0 Å². The van der Waals surface area contributed by atoms with Gasteiger partial charge in [0.2, 0.25) is 0 Å². The third-order valence-electron chi connectivity index (χ3n) is 3.76. The molecule has 1 aliphatic heterocycles. The summed E-state index contributed by atoms with van der Waals surface area (Å²) in [7, 11) is 0. The van der Waals surface area contributed by atoms with Gasteiger partial charge in [-0.15, -0.1) is 0 Å². The van der Waals surface area contributed by atoms with Gasteiger partial charge in [-0.3, -0.25) is 0 Å². The molecular formula is C14H18N2O3. The minimum atomic E-state index is -0.532. The monoisotopic (exact) mass is 262 g/mol. The highest BCUT2D eigenvalue weighted by Crippen LogP contribution is 2.26. The van der Waals surface area contributed by atoms with Crippen LogP contribution in [0.4, 0.5) is 6.01 Å². The molecule has 19 heavy (non-hydrogen) atoms. The van der Waals surface area contributed by atoms with E-state index in [0.717, 1.165) is 29.6 Å². The molecule has 1 saturated heterocycles. The number of β-amino-alcohol motifs (C(OH)–C–C–N with tert-alkyl or cyclic N) is 1. The zero-order chi connectivity index (χ0) is 13.4. The smallest absolute Gasteiger partial charge is 0.298 e. The molecule has 2 heterocycles. The normalized spacial score (nSPS) is 24.1. The Hall–Kier alpha value is -1.59. The van der Waals surface area contributed by atoms with Crippen LogP contribution in [0.25, 0.3) is 11.1 Å². The average Bonchev–Trinajstić information content (AvgIpc) is 2.81. The van der Waals surface area contributed by atoms with Crippen LogP contribution in [-0.2, 0) is 0 Å². The van der Waals surface area contributed by atoms with Crippen molar-refractivity contribution in [3.8, 4) is 0 Å². The molecule has 0 saturated carbocycles. The van der Waals surface area contributed by atoms with Gasteiger partial charge in [-0.05, 0) is 31.0 Å². The SMILES string of the molecule is Cc1ccc2oc(N3CC[C@H](CO)[C@@H](O)C3)nc2c1. The van der Waals surface area contributed by atoms with Crippen molar-refractivity contribution in [3.05, 3.63) is 23.8 Å². The van der Waals surface area contributed by atoms with Crippen LogP contribution >= 0.6 is 0 Å². The van der Waals surface area contributed by atoms with Crippen molar-refractivity contribution in [2.45, 2.75) is 19.4 Å². The summed E-state index contributed by atoms with van der Waals surface area (Å²) in [5.74, 6) is -0.0390. The summed E-state index contributed by atoms with van der Waals surface area (Å²) in [4.78, 5) is 6.40. The number of aromatic nitrogens is 1. The van der Waals surface area contributed by atoms with Crippen LogP contribution < -0.4 is 4.90 Å². The Kier molecular flexibility index (Phi) is 3.16. The second kappa shape index (κ2) is 4.83. The first kappa shape index (κ1) is 12.4. The molecule has 1 aromatic carbocycles. The second-order valence-electron chi connectivity index (χ2n) is 5.21. The first-order chi connectivity index (χ1) is 9.17. The number of oxazole rings is 1. The van der Waals surface area contributed by atoms with Gasteiger partial charge in [0, 0.05) is 25.6 Å². The fourth-order valence-electron chi connectivity index (χ4n) is 2.53. The van der Waals surface area contributed by atoms with Gasteiger partial charge in [-0.25, -0.2) is 0 Å². The highest BCUT2D eigenvalue weighted by molar-refractivity contribution is 5.75. The van der Waals surface area contributed by atoms with Crippen LogP contribution in [0.1, 0.15) is 12.0 Å². The quantitative estimate of drug-likeness (QED) is 0.854. The topological polar surface area (TPSA) is 69.7 Å². The third kappa shape index (κ3) is 2.31. The van der Waals surface area contributed by atoms with Crippen molar-refractivity contribution in [1.82, 2.24) is 4.98 Å². The Labute approximate surface area is 111 Å². The van der Waals surface area contributed by atoms with Crippen LogP contribution in [0.3, 0.4) is 0 Å². The molecule has 5 nitrogen and oxygen atoms in total. The molecule has 0 spiro atoms. The molecular weight excluding hydrogens is 244 g/mol. The molecule has 1 aromatic heterocycles. The number of hydrogen-bond acceptors (Lipinski definition) is 5. The van der Waals surface area contributed by atoms with Crippen LogP contribution in [0, 0.1) is 12.8 Å². The minimum absolute atomic E-state index is 0.0295. The maximum absolute atomic E-state index is 9.95. The molecule has 0 unspecified atom stereocenters. The summed E-state index contributed by atoms with van der Waals surface area (Å²) >= 11 is 0. The lowest BCUT2D eigenvalue weighted by Gasteiger charge is -2.33. The van der Waals surface area contributed by atoms with Crippen LogP contribution in [0.2, 0.25) is 0 Å². The zero-order valence-electron chi connectivity index (χ0n) is 10.9. The van der Waals surface area contributed by atoms with Gasteiger partial charge in [0.05, 0.1) is 6.10 Å². The van der Waals surface area contributed by atoms with E-state index < -0.39 is 6.10 Å². The zero-order valence-corrected chi connectivity index (χ0v) is 10.9. The number of hydrogen-bond donors (Lipinski definition) is 2. The highest BCUT2D eigenvalue weighted by Gasteiger charge is 2.29. The molecule has 3 rings (SSSR count). The standard InChI is InChI=1S/C14H18N2O3/c1-9-2-3-13-11(6-9)15-14(19-13)16-5-4-10(8-17)12(18)7-16/h2-3,6,10,12,17-18H,4-5,7-8H2,1H3/t10-,12+/m1/s1. The minimum Gasteiger partial charge on any atom is -0.423 e. The Balaban J connectivity index is 1.84. The van der Waals surface area contributed by atoms with Crippen molar-refractivity contribution >= 4 is 17.1 Å². The summed E-state index contributed by atoms with van der Waals surface area (Å²) in [5, 5.41) is 19.1. The summed E-state index contributed by atoms with van der Waals surface area (Å²) in [6, 6.07) is 6.44. The van der Waals surface area contributed by atoms with Crippen LogP contribution in [0.15, 0.2) is 22.6 Å². The fraction of sp³-hybridized carbons (Fsp3) is 0.500. The summed E-state index contributed by atoms with van der Waals surface area (Å²) in [6.07, 6.45) is 0.214. The molecule has 0 bridgehead atoms. The Morgan fingerprint density at radius 1 is 1.47 bits per heavy atom. The second-order valence-corrected chi connectivity index (χ2v) is 5.21. The van der Waals surface area contributed by atoms with E-state index in [-0.39, 0.29) is 12.5 Å². The average molecular weight is 262 g/mol. The van der Waals surface area contributed by atoms with E-state index in [0.29, 0.717) is 12.6 Å². The maximum Gasteiger partial charge on any atom is 0.298 e. The van der Waals surface area contributed by atoms with Crippen molar-refractivity contribution in [1.29, 1.82) is 0 Å². The number of nitrogens with zero attached hydrogens (tertiary/aromatic N) is 2. The summed E-state index contributed by atoms with van der Waals surface area (Å²) in [6.45, 7) is 3.25. The molecule has 0 aliphatic carbocycles. The van der Waals surface area contributed by atoms with E-state index in [1.165, 1.54) is 0 Å². The lowest BCUT2D eigenvalue weighted by Crippen LogP contribution is -2.45. The van der Waals surface area contributed by atoms with E-state index in [2.05, 4.69) is 4.98 Å². The van der Waals surface area contributed by atoms with E-state index in [1.807, 2.05) is 30.0 Å². The molecule has 1 fully saturated rings. The highest BCUT2D eigenvalue weighted by atomic mass is 16.4. The predicted octanol–water partition coefficient (Wildman–Crippen LogP) is 1.32. The van der Waals surface area contributed by atoms with Gasteiger partial charge in [-0.1, -0.05) is 6.07 Å². The number of aryl methyl sites for hydroxylation is 1. The van der Waals surface area contributed by atoms with Crippen molar-refractivity contribution in [2.24, 2.45) is 5.92 Å². The van der Waals surface area contributed by atoms with Crippen molar-refractivity contribution < 1.29 is 14.6 Å². The van der Waals surface area contributed by atoms with E-state index in [1.54, 1.807) is 0 Å². The van der Waals surface area contributed by atoms with Gasteiger partial charge in [-0.2, -0.15) is 4.98 Å². The largest absolute Gasteiger partial charge is 0.423 e. The number of rotatable bonds is 2. The number of aliphatic hydroxyl groups is 2. The molecule has 102 valence electrons. The lowest BCUT2D eigenvalue weighted by molar-refractivity contribution is 0.0535. The maximum atomic E-state index is 9.95. The van der Waals surface area contributed by atoms with Crippen molar-refractivity contribution in [3.63, 3.8) is 0 Å². The van der Waals surface area contributed by atoms with Crippen LogP contribution in [0.5, 0.6) is 0 Å². The number of piperidine rings is 1. The van der Waals surface area contributed by atoms with E-state index >= 15 is 0 Å². The van der Waals surface area contributed by atoms with E-state index in [9.17, 15) is 5.11 Å². The lowest BCUT2D eigenvalue weighted by atomic mass is 9.95. The van der Waals surface area contributed by atoms with Crippen LogP contribution in [-0.4, -0.2) is 41.0 Å². The molecule has 5 heteroatoms. The number of fused-ring (bicyclic) bond motifs is 1. The Bertz CT molecular complexity index is 581. The van der Waals surface area contributed by atoms with Gasteiger partial charge in [0.1, 0.15) is 5.52 Å². The molecule has 1 aliphatic rings. The molecule has 0 amide bonds.